The number of likely N-dealkylation sites (N-methyl/N-ethyl adjacent to an activating group) is 1. The van der Waals surface area contributed by atoms with Gasteiger partial charge in [0.15, 0.2) is 5.96 Å². The standard InChI is InChI=1S/C16H31N7/c1-5-15-21-20-12-23(15)10-9-18-16(17-6-2)19-11-13(3)22(4)14-7-8-14/h12-14H,5-11H2,1-4H3,(H2,17,18,19). The molecular formula is C16H31N7. The van der Waals surface area contributed by atoms with Crippen LogP contribution in [0.15, 0.2) is 11.3 Å². The fraction of sp³-hybridized carbons (Fsp3) is 0.812. The fourth-order valence-electron chi connectivity index (χ4n) is 2.57. The molecule has 0 bridgehead atoms. The summed E-state index contributed by atoms with van der Waals surface area (Å²) in [6.07, 6.45) is 5.36. The van der Waals surface area contributed by atoms with Crippen molar-refractivity contribution in [2.45, 2.75) is 58.7 Å². The lowest BCUT2D eigenvalue weighted by atomic mass is 10.3. The molecule has 1 aromatic rings. The highest BCUT2D eigenvalue weighted by Crippen LogP contribution is 2.26. The largest absolute Gasteiger partial charge is 0.357 e. The number of guanidine groups is 1. The molecule has 0 saturated heterocycles. The highest BCUT2D eigenvalue weighted by Gasteiger charge is 2.28. The molecule has 23 heavy (non-hydrogen) atoms. The second kappa shape index (κ2) is 8.86. The Bertz CT molecular complexity index is 492. The number of aliphatic imine (C=N–C) groups is 1. The van der Waals surface area contributed by atoms with E-state index in [1.54, 1.807) is 6.33 Å². The topological polar surface area (TPSA) is 70.4 Å². The molecule has 1 saturated carbocycles. The summed E-state index contributed by atoms with van der Waals surface area (Å²) in [6.45, 7) is 9.77. The number of aryl methyl sites for hydroxylation is 1. The number of rotatable bonds is 9. The van der Waals surface area contributed by atoms with E-state index < -0.39 is 0 Å². The van der Waals surface area contributed by atoms with Crippen molar-refractivity contribution in [1.82, 2.24) is 30.3 Å². The van der Waals surface area contributed by atoms with E-state index in [2.05, 4.69) is 58.1 Å². The molecule has 0 amide bonds. The Morgan fingerprint density at radius 1 is 1.43 bits per heavy atom. The quantitative estimate of drug-likeness (QED) is 0.522. The van der Waals surface area contributed by atoms with E-state index in [1.165, 1.54) is 12.8 Å². The first-order valence-corrected chi connectivity index (χ1v) is 8.76. The van der Waals surface area contributed by atoms with E-state index in [-0.39, 0.29) is 0 Å². The van der Waals surface area contributed by atoms with Crippen molar-refractivity contribution in [3.63, 3.8) is 0 Å². The zero-order chi connectivity index (χ0) is 16.7. The molecule has 0 aromatic carbocycles. The SMILES string of the molecule is CCNC(=NCC(C)N(C)C1CC1)NCCn1cnnc1CC. The highest BCUT2D eigenvalue weighted by atomic mass is 15.3. The van der Waals surface area contributed by atoms with Gasteiger partial charge in [0.05, 0.1) is 6.54 Å². The second-order valence-electron chi connectivity index (χ2n) is 6.19. The van der Waals surface area contributed by atoms with Gasteiger partial charge in [-0.1, -0.05) is 6.92 Å². The highest BCUT2D eigenvalue weighted by molar-refractivity contribution is 5.79. The summed E-state index contributed by atoms with van der Waals surface area (Å²) < 4.78 is 2.08. The Labute approximate surface area is 139 Å². The second-order valence-corrected chi connectivity index (χ2v) is 6.19. The molecule has 1 fully saturated rings. The third-order valence-corrected chi connectivity index (χ3v) is 4.33. The Morgan fingerprint density at radius 2 is 2.22 bits per heavy atom. The minimum Gasteiger partial charge on any atom is -0.357 e. The third kappa shape index (κ3) is 5.49. The van der Waals surface area contributed by atoms with Gasteiger partial charge in [0, 0.05) is 38.1 Å². The van der Waals surface area contributed by atoms with Crippen molar-refractivity contribution in [3.8, 4) is 0 Å². The monoisotopic (exact) mass is 321 g/mol. The fourth-order valence-corrected chi connectivity index (χ4v) is 2.57. The van der Waals surface area contributed by atoms with E-state index in [9.17, 15) is 0 Å². The van der Waals surface area contributed by atoms with Crippen LogP contribution in [-0.4, -0.2) is 64.4 Å². The summed E-state index contributed by atoms with van der Waals surface area (Å²) in [5.74, 6) is 1.91. The smallest absolute Gasteiger partial charge is 0.191 e. The summed E-state index contributed by atoms with van der Waals surface area (Å²) in [4.78, 5) is 7.16. The lowest BCUT2D eigenvalue weighted by Gasteiger charge is -2.23. The molecule has 1 atom stereocenters. The average Bonchev–Trinajstić information content (AvgIpc) is 3.31. The van der Waals surface area contributed by atoms with E-state index in [0.717, 1.165) is 50.4 Å². The summed E-state index contributed by atoms with van der Waals surface area (Å²) in [5.41, 5.74) is 0. The van der Waals surface area contributed by atoms with Crippen LogP contribution in [0.2, 0.25) is 0 Å². The maximum Gasteiger partial charge on any atom is 0.191 e. The van der Waals surface area contributed by atoms with E-state index in [0.29, 0.717) is 6.04 Å². The maximum atomic E-state index is 4.72. The Hall–Kier alpha value is -1.63. The van der Waals surface area contributed by atoms with Crippen LogP contribution in [0.4, 0.5) is 0 Å². The van der Waals surface area contributed by atoms with Crippen molar-refractivity contribution in [3.05, 3.63) is 12.2 Å². The predicted molar refractivity (Wildman–Crippen MR) is 93.6 cm³/mol. The number of hydrogen-bond acceptors (Lipinski definition) is 4. The number of nitrogens with zero attached hydrogens (tertiary/aromatic N) is 5. The van der Waals surface area contributed by atoms with Crippen LogP contribution in [0.5, 0.6) is 0 Å². The molecule has 0 radical (unpaired) electrons. The first-order chi connectivity index (χ1) is 11.2. The molecule has 1 unspecified atom stereocenters. The molecule has 0 spiro atoms. The first kappa shape index (κ1) is 17.7. The zero-order valence-corrected chi connectivity index (χ0v) is 14.9. The Balaban J connectivity index is 1.79. The molecule has 1 aromatic heterocycles. The molecule has 0 aliphatic heterocycles. The van der Waals surface area contributed by atoms with Crippen LogP contribution < -0.4 is 10.6 Å². The van der Waals surface area contributed by atoms with Crippen LogP contribution >= 0.6 is 0 Å². The van der Waals surface area contributed by atoms with Gasteiger partial charge in [-0.2, -0.15) is 0 Å². The number of nitrogens with one attached hydrogen (secondary N) is 2. The van der Waals surface area contributed by atoms with Crippen LogP contribution in [-0.2, 0) is 13.0 Å². The van der Waals surface area contributed by atoms with Crippen molar-refractivity contribution >= 4 is 5.96 Å². The first-order valence-electron chi connectivity index (χ1n) is 8.76. The van der Waals surface area contributed by atoms with Gasteiger partial charge < -0.3 is 15.2 Å². The van der Waals surface area contributed by atoms with E-state index >= 15 is 0 Å². The van der Waals surface area contributed by atoms with Gasteiger partial charge in [-0.3, -0.25) is 9.89 Å². The van der Waals surface area contributed by atoms with Gasteiger partial charge in [0.2, 0.25) is 0 Å². The molecule has 2 N–H and O–H groups in total. The lowest BCUT2D eigenvalue weighted by molar-refractivity contribution is 0.253. The Morgan fingerprint density at radius 3 is 2.87 bits per heavy atom. The molecule has 7 nitrogen and oxygen atoms in total. The van der Waals surface area contributed by atoms with Gasteiger partial charge >= 0.3 is 0 Å². The van der Waals surface area contributed by atoms with Crippen molar-refractivity contribution in [2.24, 2.45) is 4.99 Å². The van der Waals surface area contributed by atoms with Crippen molar-refractivity contribution in [2.75, 3.05) is 26.7 Å². The average molecular weight is 321 g/mol. The van der Waals surface area contributed by atoms with Crippen molar-refractivity contribution in [1.29, 1.82) is 0 Å². The number of aromatic nitrogens is 3. The van der Waals surface area contributed by atoms with Crippen LogP contribution in [0.25, 0.3) is 0 Å². The molecule has 2 rings (SSSR count). The van der Waals surface area contributed by atoms with Gasteiger partial charge in [0.25, 0.3) is 0 Å². The molecular weight excluding hydrogens is 290 g/mol. The Kier molecular flexibility index (Phi) is 6.83. The van der Waals surface area contributed by atoms with E-state index in [4.69, 9.17) is 4.99 Å². The third-order valence-electron chi connectivity index (χ3n) is 4.33. The molecule has 7 heteroatoms. The maximum absolute atomic E-state index is 4.72. The van der Waals surface area contributed by atoms with Crippen LogP contribution in [0.3, 0.4) is 0 Å². The molecule has 1 aliphatic carbocycles. The van der Waals surface area contributed by atoms with Gasteiger partial charge in [-0.25, -0.2) is 0 Å². The summed E-state index contributed by atoms with van der Waals surface area (Å²) in [7, 11) is 2.20. The van der Waals surface area contributed by atoms with Crippen LogP contribution in [0, 0.1) is 0 Å². The van der Waals surface area contributed by atoms with Gasteiger partial charge in [-0.05, 0) is 33.7 Å². The predicted octanol–water partition coefficient (Wildman–Crippen LogP) is 0.878. The van der Waals surface area contributed by atoms with Gasteiger partial charge in [0.1, 0.15) is 12.2 Å². The van der Waals surface area contributed by atoms with Crippen molar-refractivity contribution < 1.29 is 0 Å². The minimum atomic E-state index is 0.475. The minimum absolute atomic E-state index is 0.475. The number of hydrogen-bond donors (Lipinski definition) is 2. The van der Waals surface area contributed by atoms with Crippen LogP contribution in [0.1, 0.15) is 39.4 Å². The summed E-state index contributed by atoms with van der Waals surface area (Å²) in [5, 5.41) is 14.8. The van der Waals surface area contributed by atoms with Gasteiger partial charge in [-0.15, -0.1) is 10.2 Å². The van der Waals surface area contributed by atoms with E-state index in [1.807, 2.05) is 0 Å². The lowest BCUT2D eigenvalue weighted by Crippen LogP contribution is -2.40. The summed E-state index contributed by atoms with van der Waals surface area (Å²) in [6, 6.07) is 1.25. The molecule has 1 heterocycles. The summed E-state index contributed by atoms with van der Waals surface area (Å²) >= 11 is 0. The molecule has 1 aliphatic rings. The molecule has 130 valence electrons. The normalized spacial score (nSPS) is 16.7. The zero-order valence-electron chi connectivity index (χ0n) is 14.9.